The van der Waals surface area contributed by atoms with Crippen LogP contribution >= 0.6 is 11.6 Å². The van der Waals surface area contributed by atoms with Crippen molar-refractivity contribution in [1.82, 2.24) is 14.5 Å². The Morgan fingerprint density at radius 1 is 1.00 bits per heavy atom. The molecule has 0 aromatic heterocycles. The zero-order valence-electron chi connectivity index (χ0n) is 20.7. The number of fused-ring (bicyclic) bond motifs is 1. The van der Waals surface area contributed by atoms with Gasteiger partial charge < -0.3 is 9.80 Å². The fourth-order valence-electron chi connectivity index (χ4n) is 4.24. The largest absolute Gasteiger partial charge is 0.343 e. The Morgan fingerprint density at radius 3 is 2.42 bits per heavy atom. The van der Waals surface area contributed by atoms with Gasteiger partial charge in [-0.15, -0.1) is 0 Å². The number of sulfonamides is 1. The van der Waals surface area contributed by atoms with Crippen molar-refractivity contribution in [3.63, 3.8) is 0 Å². The van der Waals surface area contributed by atoms with Crippen molar-refractivity contribution in [2.75, 3.05) is 32.4 Å². The molecule has 0 radical (unpaired) electrons. The predicted octanol–water partition coefficient (Wildman–Crippen LogP) is 2.69. The van der Waals surface area contributed by atoms with Crippen LogP contribution in [-0.2, 0) is 29.4 Å². The number of hydrogen-bond acceptors (Lipinski definition) is 6. The van der Waals surface area contributed by atoms with Crippen LogP contribution in [-0.4, -0.2) is 76.9 Å². The Hall–Kier alpha value is -2.99. The molecule has 3 aromatic carbocycles. The van der Waals surface area contributed by atoms with E-state index in [0.29, 0.717) is 29.8 Å². The van der Waals surface area contributed by atoms with Crippen LogP contribution < -0.4 is 4.72 Å². The van der Waals surface area contributed by atoms with Crippen molar-refractivity contribution in [2.24, 2.45) is 0 Å². The molecule has 1 aliphatic rings. The first kappa shape index (κ1) is 28.0. The Balaban J connectivity index is 1.37. The number of nitrogens with one attached hydrogen (secondary N) is 1. The minimum atomic E-state index is -4.01. The van der Waals surface area contributed by atoms with Gasteiger partial charge in [-0.25, -0.2) is 16.8 Å². The monoisotopic (exact) mass is 577 g/mol. The van der Waals surface area contributed by atoms with Crippen LogP contribution in [0.1, 0.15) is 12.8 Å². The van der Waals surface area contributed by atoms with Gasteiger partial charge in [-0.3, -0.25) is 9.59 Å². The van der Waals surface area contributed by atoms with E-state index in [0.717, 1.165) is 5.39 Å². The van der Waals surface area contributed by atoms with Crippen molar-refractivity contribution in [3.05, 3.63) is 71.8 Å². The molecule has 0 spiro atoms. The van der Waals surface area contributed by atoms with Gasteiger partial charge in [0.2, 0.25) is 21.8 Å². The number of nitrogens with zero attached hydrogens (tertiary/aromatic N) is 2. The molecule has 12 heteroatoms. The molecule has 1 N–H and O–H groups in total. The van der Waals surface area contributed by atoms with Crippen LogP contribution in [0.4, 0.5) is 0 Å². The Morgan fingerprint density at radius 2 is 1.68 bits per heavy atom. The zero-order chi connectivity index (χ0) is 27.5. The summed E-state index contributed by atoms with van der Waals surface area (Å²) in [5, 5.41) is 2.02. The summed E-state index contributed by atoms with van der Waals surface area (Å²) in [5.74, 6) is -1.18. The first-order valence-electron chi connectivity index (χ1n) is 12.0. The number of likely N-dealkylation sites (tertiary alicyclic amines) is 1. The van der Waals surface area contributed by atoms with Gasteiger partial charge in [0.15, 0.2) is 9.84 Å². The lowest BCUT2D eigenvalue weighted by Crippen LogP contribution is -2.54. The molecule has 0 saturated carbocycles. The third-order valence-electron chi connectivity index (χ3n) is 6.46. The van der Waals surface area contributed by atoms with E-state index in [4.69, 9.17) is 11.6 Å². The normalized spacial score (nSPS) is 16.5. The molecule has 2 amide bonds. The molecule has 1 unspecified atom stereocenters. The first-order valence-corrected chi connectivity index (χ1v) is 15.5. The molecular weight excluding hydrogens is 550 g/mol. The van der Waals surface area contributed by atoms with Crippen LogP contribution in [0.2, 0.25) is 5.02 Å². The highest BCUT2D eigenvalue weighted by Crippen LogP contribution is 2.23. The summed E-state index contributed by atoms with van der Waals surface area (Å²) in [6, 6.07) is 16.7. The van der Waals surface area contributed by atoms with Crippen LogP contribution in [0.15, 0.2) is 76.5 Å². The van der Waals surface area contributed by atoms with E-state index in [-0.39, 0.29) is 28.6 Å². The Bertz CT molecular complexity index is 1560. The van der Waals surface area contributed by atoms with E-state index < -0.39 is 37.7 Å². The molecule has 38 heavy (non-hydrogen) atoms. The minimum absolute atomic E-state index is 0.0210. The average molecular weight is 578 g/mol. The molecule has 1 fully saturated rings. The molecule has 1 heterocycles. The van der Waals surface area contributed by atoms with Gasteiger partial charge in [-0.05, 0) is 60.0 Å². The topological polar surface area (TPSA) is 121 Å². The molecule has 3 aromatic rings. The number of carbonyl (C=O) groups excluding carboxylic acids is 2. The summed E-state index contributed by atoms with van der Waals surface area (Å²) in [5.41, 5.74) is 0. The number of carbonyl (C=O) groups is 2. The van der Waals surface area contributed by atoms with E-state index in [2.05, 4.69) is 4.72 Å². The maximum atomic E-state index is 13.1. The van der Waals surface area contributed by atoms with E-state index in [1.807, 2.05) is 0 Å². The van der Waals surface area contributed by atoms with Gasteiger partial charge in [0, 0.05) is 25.2 Å². The van der Waals surface area contributed by atoms with Gasteiger partial charge in [-0.1, -0.05) is 41.9 Å². The maximum absolute atomic E-state index is 13.1. The van der Waals surface area contributed by atoms with E-state index >= 15 is 0 Å². The summed E-state index contributed by atoms with van der Waals surface area (Å²) in [7, 11) is -6.09. The highest BCUT2D eigenvalue weighted by atomic mass is 35.5. The van der Waals surface area contributed by atoms with E-state index in [1.165, 1.54) is 41.1 Å². The Labute approximate surface area is 227 Å². The second kappa shape index (κ2) is 11.4. The number of amides is 2. The second-order valence-electron chi connectivity index (χ2n) is 9.18. The summed E-state index contributed by atoms with van der Waals surface area (Å²) in [6.07, 6.45) is 0.811. The number of piperidine rings is 1. The van der Waals surface area contributed by atoms with E-state index in [1.54, 1.807) is 42.5 Å². The Kier molecular flexibility index (Phi) is 8.41. The quantitative estimate of drug-likeness (QED) is 0.417. The lowest BCUT2D eigenvalue weighted by Gasteiger charge is -2.33. The third-order valence-corrected chi connectivity index (χ3v) is 9.88. The number of halogens is 1. The molecule has 1 atom stereocenters. The van der Waals surface area contributed by atoms with Crippen LogP contribution in [0, 0.1) is 0 Å². The lowest BCUT2D eigenvalue weighted by molar-refractivity contribution is -0.142. The highest BCUT2D eigenvalue weighted by Gasteiger charge is 2.34. The summed E-state index contributed by atoms with van der Waals surface area (Å²) in [4.78, 5) is 28.6. The lowest BCUT2D eigenvalue weighted by atomic mass is 10.1. The summed E-state index contributed by atoms with van der Waals surface area (Å²) < 4.78 is 53.6. The van der Waals surface area contributed by atoms with Crippen molar-refractivity contribution >= 4 is 54.0 Å². The minimum Gasteiger partial charge on any atom is -0.343 e. The predicted molar refractivity (Wildman–Crippen MR) is 145 cm³/mol. The van der Waals surface area contributed by atoms with Crippen LogP contribution in [0.25, 0.3) is 10.8 Å². The molecule has 0 aliphatic carbocycles. The van der Waals surface area contributed by atoms with Gasteiger partial charge in [0.25, 0.3) is 0 Å². The molecule has 202 valence electrons. The number of benzene rings is 3. The van der Waals surface area contributed by atoms with Crippen molar-refractivity contribution in [3.8, 4) is 0 Å². The molecule has 4 rings (SSSR count). The fourth-order valence-corrected chi connectivity index (χ4v) is 7.00. The van der Waals surface area contributed by atoms with Crippen molar-refractivity contribution in [2.45, 2.75) is 28.7 Å². The van der Waals surface area contributed by atoms with E-state index in [9.17, 15) is 26.4 Å². The molecular formula is C26H28ClN3O6S2. The molecule has 1 saturated heterocycles. The van der Waals surface area contributed by atoms with Crippen molar-refractivity contribution in [1.29, 1.82) is 0 Å². The molecule has 0 bridgehead atoms. The average Bonchev–Trinajstić information content (AvgIpc) is 2.89. The number of sulfone groups is 1. The summed E-state index contributed by atoms with van der Waals surface area (Å²) >= 11 is 6.00. The maximum Gasteiger partial charge on any atom is 0.241 e. The summed E-state index contributed by atoms with van der Waals surface area (Å²) in [6.45, 7) is -0.00725. The van der Waals surface area contributed by atoms with Crippen molar-refractivity contribution < 1.29 is 26.4 Å². The number of rotatable bonds is 9. The van der Waals surface area contributed by atoms with Gasteiger partial charge in [-0.2, -0.15) is 4.72 Å². The SMILES string of the molecule is CN(CCS(=O)(=O)c1ccccc1)C(=O)CN1CCCC(NS(=O)(=O)c2ccc3cc(Cl)ccc3c2)C1=O. The first-order chi connectivity index (χ1) is 18.0. The zero-order valence-corrected chi connectivity index (χ0v) is 23.1. The van der Waals surface area contributed by atoms with Gasteiger partial charge in [0.1, 0.15) is 6.04 Å². The highest BCUT2D eigenvalue weighted by molar-refractivity contribution is 7.91. The van der Waals surface area contributed by atoms with Gasteiger partial charge in [0.05, 0.1) is 22.1 Å². The smallest absolute Gasteiger partial charge is 0.241 e. The molecule has 9 nitrogen and oxygen atoms in total. The number of hydrogen-bond donors (Lipinski definition) is 1. The van der Waals surface area contributed by atoms with Gasteiger partial charge >= 0.3 is 0 Å². The van der Waals surface area contributed by atoms with Crippen LogP contribution in [0.5, 0.6) is 0 Å². The van der Waals surface area contributed by atoms with Crippen LogP contribution in [0.3, 0.4) is 0 Å². The number of likely N-dealkylation sites (N-methyl/N-ethyl adjacent to an activating group) is 1. The third kappa shape index (κ3) is 6.52. The fraction of sp³-hybridized carbons (Fsp3) is 0.308. The molecule has 1 aliphatic heterocycles. The second-order valence-corrected chi connectivity index (χ2v) is 13.4. The standard InChI is InChI=1S/C26H28ClN3O6S2/c1-29(14-15-37(33,34)22-6-3-2-4-7-22)25(31)18-30-13-5-8-24(26(30)32)28-38(35,36)23-12-10-19-16-21(27)11-9-20(19)17-23/h2-4,6-7,9-12,16-17,24,28H,5,8,13-15,18H2,1H3.